The average molecular weight is 495 g/mol. The van der Waals surface area contributed by atoms with Crippen LogP contribution in [0.1, 0.15) is 38.9 Å². The molecule has 2 heterocycles. The molecule has 1 aliphatic rings. The minimum absolute atomic E-state index is 0.151. The van der Waals surface area contributed by atoms with Gasteiger partial charge in [-0.25, -0.2) is 4.98 Å². The van der Waals surface area contributed by atoms with Crippen LogP contribution in [0, 0.1) is 18.3 Å². The number of aromatic nitrogens is 1. The highest BCUT2D eigenvalue weighted by Crippen LogP contribution is 2.41. The Bertz CT molecular complexity index is 1280. The van der Waals surface area contributed by atoms with Crippen molar-refractivity contribution in [1.29, 1.82) is 5.26 Å². The number of halogens is 1. The third kappa shape index (κ3) is 3.73. The van der Waals surface area contributed by atoms with Crippen molar-refractivity contribution in [2.24, 2.45) is 10.2 Å². The molecule has 31 heavy (non-hydrogen) atoms. The van der Waals surface area contributed by atoms with E-state index in [-0.39, 0.29) is 33.4 Å². The van der Waals surface area contributed by atoms with E-state index in [1.165, 1.54) is 17.4 Å². The first-order valence-electron chi connectivity index (χ1n) is 9.28. The molecule has 0 unspecified atom stereocenters. The molecule has 154 valence electrons. The number of carbonyl (C=O) groups excluding carboxylic acids is 2. The van der Waals surface area contributed by atoms with Crippen molar-refractivity contribution in [3.63, 3.8) is 0 Å². The second-order valence-electron chi connectivity index (χ2n) is 6.58. The van der Waals surface area contributed by atoms with Gasteiger partial charge in [0.2, 0.25) is 0 Å². The third-order valence-corrected chi connectivity index (χ3v) is 6.38. The smallest absolute Gasteiger partial charge is 0.262 e. The van der Waals surface area contributed by atoms with E-state index in [9.17, 15) is 14.9 Å². The number of amides is 2. The Morgan fingerprint density at radius 3 is 2.65 bits per heavy atom. The van der Waals surface area contributed by atoms with Crippen molar-refractivity contribution in [3.05, 3.63) is 63.3 Å². The van der Waals surface area contributed by atoms with Gasteiger partial charge in [0.1, 0.15) is 11.8 Å². The molecule has 0 saturated carbocycles. The van der Waals surface area contributed by atoms with Gasteiger partial charge in [-0.1, -0.05) is 29.5 Å². The molecule has 8 nitrogen and oxygen atoms in total. The summed E-state index contributed by atoms with van der Waals surface area (Å²) in [5.41, 5.74) is 2.32. The highest BCUT2D eigenvalue weighted by atomic mass is 79.9. The lowest BCUT2D eigenvalue weighted by Gasteiger charge is -2.09. The van der Waals surface area contributed by atoms with E-state index in [1.807, 2.05) is 43.3 Å². The van der Waals surface area contributed by atoms with Crippen molar-refractivity contribution >= 4 is 60.6 Å². The fourth-order valence-electron chi connectivity index (χ4n) is 3.14. The van der Waals surface area contributed by atoms with Gasteiger partial charge in [0.15, 0.2) is 10.1 Å². The van der Waals surface area contributed by atoms with Gasteiger partial charge in [0, 0.05) is 12.2 Å². The Kier molecular flexibility index (Phi) is 5.63. The van der Waals surface area contributed by atoms with Crippen molar-refractivity contribution in [2.45, 2.75) is 13.8 Å². The lowest BCUT2D eigenvalue weighted by Crippen LogP contribution is -2.29. The maximum absolute atomic E-state index is 12.6. The van der Waals surface area contributed by atoms with Crippen molar-refractivity contribution in [3.8, 4) is 6.07 Å². The normalized spacial score (nSPS) is 13.0. The molecule has 1 aromatic heterocycles. The Balaban J connectivity index is 1.69. The standard InChI is InChI=1S/C21H15BrN6O2S/c1-3-28-19(29)14-9-12(10-23)17(16(22)15(14)20(28)30)26-27-18-11(2)24-21(31-18)25-13-7-5-4-6-8-13/h4-9H,3H2,1-2H3,(H,24,25)/b27-26+. The van der Waals surface area contributed by atoms with Crippen LogP contribution in [0.4, 0.5) is 21.5 Å². The zero-order valence-electron chi connectivity index (χ0n) is 16.5. The fraction of sp³-hybridized carbons (Fsp3) is 0.143. The van der Waals surface area contributed by atoms with E-state index in [0.717, 1.165) is 10.6 Å². The summed E-state index contributed by atoms with van der Waals surface area (Å²) in [7, 11) is 0. The summed E-state index contributed by atoms with van der Waals surface area (Å²) in [5, 5.41) is 22.5. The number of aryl methyl sites for hydroxylation is 1. The number of hydrogen-bond acceptors (Lipinski definition) is 8. The molecule has 0 atom stereocenters. The summed E-state index contributed by atoms with van der Waals surface area (Å²) in [4.78, 5) is 30.7. The van der Waals surface area contributed by atoms with Crippen LogP contribution in [-0.4, -0.2) is 28.2 Å². The Morgan fingerprint density at radius 2 is 1.97 bits per heavy atom. The van der Waals surface area contributed by atoms with Gasteiger partial charge in [0.25, 0.3) is 11.8 Å². The first-order chi connectivity index (χ1) is 14.9. The molecule has 10 heteroatoms. The third-order valence-electron chi connectivity index (χ3n) is 4.65. The van der Waals surface area contributed by atoms with Crippen LogP contribution in [0.15, 0.2) is 51.1 Å². The molecular weight excluding hydrogens is 480 g/mol. The van der Waals surface area contributed by atoms with E-state index < -0.39 is 11.8 Å². The van der Waals surface area contributed by atoms with E-state index in [0.29, 0.717) is 15.8 Å². The molecule has 0 radical (unpaired) electrons. The lowest BCUT2D eigenvalue weighted by molar-refractivity contribution is 0.0662. The van der Waals surface area contributed by atoms with Crippen LogP contribution in [-0.2, 0) is 0 Å². The second-order valence-corrected chi connectivity index (χ2v) is 8.35. The van der Waals surface area contributed by atoms with Crippen LogP contribution in [0.25, 0.3) is 0 Å². The monoisotopic (exact) mass is 494 g/mol. The van der Waals surface area contributed by atoms with Crippen LogP contribution >= 0.6 is 27.3 Å². The van der Waals surface area contributed by atoms with Gasteiger partial charge in [-0.05, 0) is 48.0 Å². The number of nitrogens with one attached hydrogen (secondary N) is 1. The zero-order valence-corrected chi connectivity index (χ0v) is 18.9. The van der Waals surface area contributed by atoms with E-state index in [1.54, 1.807) is 6.92 Å². The summed E-state index contributed by atoms with van der Waals surface area (Å²) in [6, 6.07) is 13.1. The molecule has 1 aliphatic heterocycles. The average Bonchev–Trinajstić information content (AvgIpc) is 3.23. The summed E-state index contributed by atoms with van der Waals surface area (Å²) in [5.74, 6) is -0.836. The highest BCUT2D eigenvalue weighted by molar-refractivity contribution is 9.10. The lowest BCUT2D eigenvalue weighted by atomic mass is 10.0. The van der Waals surface area contributed by atoms with E-state index >= 15 is 0 Å². The minimum Gasteiger partial charge on any atom is -0.331 e. The first kappa shape index (κ1) is 20.8. The second kappa shape index (κ2) is 8.37. The molecule has 2 amide bonds. The number of carbonyl (C=O) groups is 2. The Labute approximate surface area is 190 Å². The number of rotatable bonds is 5. The number of anilines is 2. The number of para-hydroxylation sites is 1. The summed E-state index contributed by atoms with van der Waals surface area (Å²) in [6.45, 7) is 3.77. The largest absolute Gasteiger partial charge is 0.331 e. The molecular formula is C21H15BrN6O2S. The fourth-order valence-corrected chi connectivity index (χ4v) is 4.62. The molecule has 0 aliphatic carbocycles. The molecule has 3 aromatic rings. The number of imide groups is 1. The van der Waals surface area contributed by atoms with Crippen LogP contribution in [0.3, 0.4) is 0 Å². The SMILES string of the molecule is CCN1C(=O)c2cc(C#N)c(/N=N/c3sc(Nc4ccccc4)nc3C)c(Br)c2C1=O. The molecule has 0 saturated heterocycles. The summed E-state index contributed by atoms with van der Waals surface area (Å²) >= 11 is 4.67. The highest BCUT2D eigenvalue weighted by Gasteiger charge is 2.38. The molecule has 0 spiro atoms. The van der Waals surface area contributed by atoms with Gasteiger partial charge >= 0.3 is 0 Å². The van der Waals surface area contributed by atoms with Gasteiger partial charge in [-0.15, -0.1) is 10.2 Å². The first-order valence-corrected chi connectivity index (χ1v) is 10.9. The van der Waals surface area contributed by atoms with Crippen LogP contribution in [0.2, 0.25) is 0 Å². The zero-order chi connectivity index (χ0) is 22.1. The molecule has 2 aromatic carbocycles. The van der Waals surface area contributed by atoms with Crippen molar-refractivity contribution in [2.75, 3.05) is 11.9 Å². The molecule has 1 N–H and O–H groups in total. The predicted molar refractivity (Wildman–Crippen MR) is 121 cm³/mol. The number of thiazole rings is 1. The number of nitriles is 1. The summed E-state index contributed by atoms with van der Waals surface area (Å²) < 4.78 is 0.282. The quantitative estimate of drug-likeness (QED) is 0.352. The van der Waals surface area contributed by atoms with E-state index in [4.69, 9.17) is 0 Å². The molecule has 0 bridgehead atoms. The summed E-state index contributed by atoms with van der Waals surface area (Å²) in [6.07, 6.45) is 0. The Hall–Kier alpha value is -3.42. The van der Waals surface area contributed by atoms with Gasteiger partial charge in [-0.2, -0.15) is 5.26 Å². The topological polar surface area (TPSA) is 111 Å². The van der Waals surface area contributed by atoms with Crippen LogP contribution in [0.5, 0.6) is 0 Å². The predicted octanol–water partition coefficient (Wildman–Crippen LogP) is 5.86. The van der Waals surface area contributed by atoms with Crippen LogP contribution < -0.4 is 5.32 Å². The molecule has 0 fully saturated rings. The van der Waals surface area contributed by atoms with E-state index in [2.05, 4.69) is 36.5 Å². The van der Waals surface area contributed by atoms with Gasteiger partial charge < -0.3 is 5.32 Å². The number of hydrogen-bond donors (Lipinski definition) is 1. The van der Waals surface area contributed by atoms with Crippen molar-refractivity contribution < 1.29 is 9.59 Å². The van der Waals surface area contributed by atoms with Gasteiger partial charge in [0.05, 0.1) is 26.9 Å². The minimum atomic E-state index is -0.418. The number of nitrogens with zero attached hydrogens (tertiary/aromatic N) is 5. The Morgan fingerprint density at radius 1 is 1.23 bits per heavy atom. The maximum atomic E-state index is 12.6. The number of fused-ring (bicyclic) bond motifs is 1. The number of benzene rings is 2. The molecule has 4 rings (SSSR count). The van der Waals surface area contributed by atoms with Crippen molar-refractivity contribution in [1.82, 2.24) is 9.88 Å². The van der Waals surface area contributed by atoms with Gasteiger partial charge in [-0.3, -0.25) is 14.5 Å². The number of azo groups is 1. The maximum Gasteiger partial charge on any atom is 0.262 e.